The van der Waals surface area contributed by atoms with Crippen LogP contribution in [0.25, 0.3) is 0 Å². The molecule has 0 aliphatic carbocycles. The predicted octanol–water partition coefficient (Wildman–Crippen LogP) is 1.69. The van der Waals surface area contributed by atoms with E-state index < -0.39 is 0 Å². The van der Waals surface area contributed by atoms with Crippen molar-refractivity contribution in [3.63, 3.8) is 0 Å². The van der Waals surface area contributed by atoms with Crippen LogP contribution in [0, 0.1) is 0 Å². The largest absolute Gasteiger partial charge is 0.507 e. The van der Waals surface area contributed by atoms with Crippen LogP contribution >= 0.6 is 11.8 Å². The van der Waals surface area contributed by atoms with Crippen LogP contribution in [0.3, 0.4) is 0 Å². The first kappa shape index (κ1) is 4.78. The van der Waals surface area contributed by atoms with Gasteiger partial charge in [-0.05, 0) is 6.08 Å². The Morgan fingerprint density at radius 1 is 1.71 bits per heavy atom. The molecule has 0 aromatic rings. The van der Waals surface area contributed by atoms with E-state index >= 15 is 0 Å². The first-order chi connectivity index (χ1) is 3.39. The fourth-order valence-electron chi connectivity index (χ4n) is 0.397. The molecule has 0 amide bonds. The van der Waals surface area contributed by atoms with E-state index in [1.54, 1.807) is 23.2 Å². The molecule has 1 N–H and O–H groups in total. The third-order valence-corrected chi connectivity index (χ3v) is 1.48. The molecule has 38 valence electrons. The van der Waals surface area contributed by atoms with Crippen molar-refractivity contribution in [2.75, 3.05) is 5.75 Å². The zero-order chi connectivity index (χ0) is 5.11. The Kier molecular flexibility index (Phi) is 1.42. The Morgan fingerprint density at radius 3 is 2.86 bits per heavy atom. The summed E-state index contributed by atoms with van der Waals surface area (Å²) in [5.41, 5.74) is 0. The molecule has 1 nitrogen and oxygen atoms in total. The minimum absolute atomic E-state index is 0.372. The van der Waals surface area contributed by atoms with Gasteiger partial charge < -0.3 is 5.11 Å². The number of allylic oxidation sites excluding steroid dienone is 1. The molecule has 0 saturated carbocycles. The maximum absolute atomic E-state index is 8.66. The highest BCUT2D eigenvalue weighted by Gasteiger charge is 1.89. The van der Waals surface area contributed by atoms with Crippen molar-refractivity contribution in [3.05, 3.63) is 23.3 Å². The molecule has 1 heterocycles. The normalized spacial score (nSPS) is 19.1. The second kappa shape index (κ2) is 2.07. The van der Waals surface area contributed by atoms with Crippen molar-refractivity contribution in [2.45, 2.75) is 0 Å². The van der Waals surface area contributed by atoms with Crippen molar-refractivity contribution < 1.29 is 5.11 Å². The Labute approximate surface area is 46.7 Å². The van der Waals surface area contributed by atoms with E-state index in [1.165, 1.54) is 0 Å². The summed E-state index contributed by atoms with van der Waals surface area (Å²) in [6.45, 7) is 0. The fraction of sp³-hybridized carbons (Fsp3) is 0.200. The van der Waals surface area contributed by atoms with Gasteiger partial charge in [-0.3, -0.25) is 0 Å². The molecule has 0 unspecified atom stereocenters. The minimum atomic E-state index is 0.372. The number of aliphatic hydroxyl groups excluding tert-OH is 1. The number of hydrogen-bond acceptors (Lipinski definition) is 2. The summed E-state index contributed by atoms with van der Waals surface area (Å²) < 4.78 is 0. The highest BCUT2D eigenvalue weighted by Crippen LogP contribution is 2.11. The van der Waals surface area contributed by atoms with Crippen molar-refractivity contribution in [1.82, 2.24) is 0 Å². The van der Waals surface area contributed by atoms with Crippen LogP contribution in [0.1, 0.15) is 0 Å². The standard InChI is InChI=1S/C5H6OS/c6-5-2-1-3-7-4-5/h1-2,4,6H,3H2. The summed E-state index contributed by atoms with van der Waals surface area (Å²) in [6, 6.07) is 0. The molecule has 7 heavy (non-hydrogen) atoms. The molecule has 0 fully saturated rings. The van der Waals surface area contributed by atoms with Gasteiger partial charge in [0.2, 0.25) is 0 Å². The van der Waals surface area contributed by atoms with Crippen LogP contribution in [0.5, 0.6) is 0 Å². The molecule has 0 atom stereocenters. The number of aliphatic hydroxyl groups is 1. The van der Waals surface area contributed by atoms with Gasteiger partial charge in [-0.2, -0.15) is 0 Å². The van der Waals surface area contributed by atoms with Gasteiger partial charge in [-0.15, -0.1) is 11.8 Å². The van der Waals surface area contributed by atoms with Gasteiger partial charge in [0, 0.05) is 11.2 Å². The smallest absolute Gasteiger partial charge is 0.121 e. The zero-order valence-corrected chi connectivity index (χ0v) is 4.61. The molecule has 1 aliphatic heterocycles. The lowest BCUT2D eigenvalue weighted by Gasteiger charge is -1.95. The summed E-state index contributed by atoms with van der Waals surface area (Å²) in [4.78, 5) is 0. The van der Waals surface area contributed by atoms with Gasteiger partial charge in [-0.25, -0.2) is 0 Å². The molecule has 1 aliphatic rings. The van der Waals surface area contributed by atoms with E-state index in [9.17, 15) is 0 Å². The van der Waals surface area contributed by atoms with Crippen LogP contribution in [0.15, 0.2) is 23.3 Å². The Morgan fingerprint density at radius 2 is 2.57 bits per heavy atom. The number of thioether (sulfide) groups is 1. The molecule has 0 aromatic carbocycles. The monoisotopic (exact) mass is 114 g/mol. The Bertz CT molecular complexity index is 115. The molecule has 0 aromatic heterocycles. The van der Waals surface area contributed by atoms with Gasteiger partial charge >= 0.3 is 0 Å². The van der Waals surface area contributed by atoms with Crippen LogP contribution in [-0.2, 0) is 0 Å². The summed E-state index contributed by atoms with van der Waals surface area (Å²) in [5.74, 6) is 1.36. The maximum atomic E-state index is 8.66. The molecule has 2 heteroatoms. The molecule has 1 rings (SSSR count). The average Bonchev–Trinajstić information content (AvgIpc) is 1.69. The first-order valence-corrected chi connectivity index (χ1v) is 3.12. The number of rotatable bonds is 0. The van der Waals surface area contributed by atoms with Crippen molar-refractivity contribution in [2.24, 2.45) is 0 Å². The second-order valence-electron chi connectivity index (χ2n) is 1.28. The first-order valence-electron chi connectivity index (χ1n) is 2.07. The fourth-order valence-corrected chi connectivity index (χ4v) is 0.950. The summed E-state index contributed by atoms with van der Waals surface area (Å²) in [6.07, 6.45) is 3.64. The molecule has 0 radical (unpaired) electrons. The van der Waals surface area contributed by atoms with Gasteiger partial charge in [0.25, 0.3) is 0 Å². The van der Waals surface area contributed by atoms with Crippen molar-refractivity contribution in [1.29, 1.82) is 0 Å². The van der Waals surface area contributed by atoms with E-state index in [0.29, 0.717) is 5.76 Å². The van der Waals surface area contributed by atoms with Crippen LogP contribution in [0.4, 0.5) is 0 Å². The summed E-state index contributed by atoms with van der Waals surface area (Å²) in [7, 11) is 0. The minimum Gasteiger partial charge on any atom is -0.507 e. The Balaban J connectivity index is 2.58. The quantitative estimate of drug-likeness (QED) is 0.517. The zero-order valence-electron chi connectivity index (χ0n) is 3.79. The van der Waals surface area contributed by atoms with Gasteiger partial charge in [0.1, 0.15) is 5.76 Å². The number of hydrogen-bond donors (Lipinski definition) is 1. The predicted molar refractivity (Wildman–Crippen MR) is 32.3 cm³/mol. The lowest BCUT2D eigenvalue weighted by atomic mass is 10.5. The van der Waals surface area contributed by atoms with Gasteiger partial charge in [-0.1, -0.05) is 6.08 Å². The van der Waals surface area contributed by atoms with E-state index in [4.69, 9.17) is 5.11 Å². The molecule has 0 saturated heterocycles. The molecule has 0 spiro atoms. The van der Waals surface area contributed by atoms with E-state index in [0.717, 1.165) is 5.75 Å². The topological polar surface area (TPSA) is 20.2 Å². The second-order valence-corrected chi connectivity index (χ2v) is 2.18. The van der Waals surface area contributed by atoms with Crippen LogP contribution in [-0.4, -0.2) is 10.9 Å². The average molecular weight is 114 g/mol. The van der Waals surface area contributed by atoms with E-state index in [2.05, 4.69) is 0 Å². The van der Waals surface area contributed by atoms with Crippen LogP contribution in [0.2, 0.25) is 0 Å². The van der Waals surface area contributed by atoms with E-state index in [1.807, 2.05) is 6.08 Å². The summed E-state index contributed by atoms with van der Waals surface area (Å²) >= 11 is 1.60. The maximum Gasteiger partial charge on any atom is 0.121 e. The Hall–Kier alpha value is -0.370. The van der Waals surface area contributed by atoms with Gasteiger partial charge in [0.15, 0.2) is 0 Å². The SMILES string of the molecule is OC1=CSCC=C1. The summed E-state index contributed by atoms with van der Waals surface area (Å²) in [5, 5.41) is 10.4. The lowest BCUT2D eigenvalue weighted by molar-refractivity contribution is 0.434. The third kappa shape index (κ3) is 1.27. The highest BCUT2D eigenvalue weighted by molar-refractivity contribution is 8.02. The molecular weight excluding hydrogens is 108 g/mol. The van der Waals surface area contributed by atoms with Crippen molar-refractivity contribution in [3.8, 4) is 0 Å². The third-order valence-electron chi connectivity index (χ3n) is 0.685. The lowest BCUT2D eigenvalue weighted by Crippen LogP contribution is -1.79. The van der Waals surface area contributed by atoms with Crippen molar-refractivity contribution >= 4 is 11.8 Å². The van der Waals surface area contributed by atoms with E-state index in [-0.39, 0.29) is 0 Å². The van der Waals surface area contributed by atoms with Crippen LogP contribution < -0.4 is 0 Å². The van der Waals surface area contributed by atoms with Gasteiger partial charge in [0.05, 0.1) is 0 Å². The molecule has 0 bridgehead atoms. The highest BCUT2D eigenvalue weighted by atomic mass is 32.2. The molecular formula is C5H6OS.